The molecule has 1 saturated carbocycles. The molecule has 1 fully saturated rings. The maximum atomic E-state index is 11.8. The molecule has 26 heavy (non-hydrogen) atoms. The van der Waals surface area contributed by atoms with Gasteiger partial charge in [0.05, 0.1) is 0 Å². The molecule has 3 rings (SSSR count). The Kier molecular flexibility index (Phi) is 5.94. The third kappa shape index (κ3) is 4.07. The minimum atomic E-state index is -0.243. The number of carbonyl (C=O) groups is 1. The maximum absolute atomic E-state index is 11.8. The first-order valence-electron chi connectivity index (χ1n) is 10.5. The summed E-state index contributed by atoms with van der Waals surface area (Å²) in [4.78, 5) is 11.8. The van der Waals surface area contributed by atoms with Crippen LogP contribution in [-0.4, -0.2) is 11.6 Å². The van der Waals surface area contributed by atoms with E-state index in [0.717, 1.165) is 36.3 Å². The number of fused-ring (bicyclic) bond motifs is 3. The van der Waals surface area contributed by atoms with Crippen molar-refractivity contribution in [2.45, 2.75) is 97.0 Å². The van der Waals surface area contributed by atoms with E-state index in [9.17, 15) is 4.79 Å². The molecule has 0 aromatic heterocycles. The summed E-state index contributed by atoms with van der Waals surface area (Å²) in [5.41, 5.74) is 2.19. The highest BCUT2D eigenvalue weighted by molar-refractivity contribution is 5.71. The van der Waals surface area contributed by atoms with Crippen LogP contribution in [0.5, 0.6) is 11.5 Å². The molecule has 0 amide bonds. The predicted molar refractivity (Wildman–Crippen MR) is 105 cm³/mol. The van der Waals surface area contributed by atoms with Crippen molar-refractivity contribution in [3.63, 3.8) is 0 Å². The standard InChI is InChI=1S/C23H34O3/c1-5-6-8-11-17-14-20(25-16(2)24)22-18-12-9-7-10-13-19(18)23(3,4)26-21(22)15-17/h14-15,18-19H,5-13H2,1-4H3/t18-,19-/m1/s1. The van der Waals surface area contributed by atoms with E-state index in [1.165, 1.54) is 51.0 Å². The van der Waals surface area contributed by atoms with Crippen molar-refractivity contribution < 1.29 is 14.3 Å². The highest BCUT2D eigenvalue weighted by Gasteiger charge is 2.45. The molecule has 144 valence electrons. The van der Waals surface area contributed by atoms with Crippen molar-refractivity contribution in [1.82, 2.24) is 0 Å². The molecule has 1 aliphatic carbocycles. The lowest BCUT2D eigenvalue weighted by Crippen LogP contribution is -2.44. The van der Waals surface area contributed by atoms with Crippen LogP contribution in [0.3, 0.4) is 0 Å². The summed E-state index contributed by atoms with van der Waals surface area (Å²) in [6.45, 7) is 8.17. The molecular formula is C23H34O3. The zero-order valence-electron chi connectivity index (χ0n) is 16.9. The Balaban J connectivity index is 2.03. The van der Waals surface area contributed by atoms with E-state index in [4.69, 9.17) is 9.47 Å². The third-order valence-electron chi connectivity index (χ3n) is 6.14. The normalized spacial score (nSPS) is 24.0. The van der Waals surface area contributed by atoms with Gasteiger partial charge >= 0.3 is 5.97 Å². The predicted octanol–water partition coefficient (Wildman–Crippen LogP) is 6.18. The summed E-state index contributed by atoms with van der Waals surface area (Å²) in [7, 11) is 0. The van der Waals surface area contributed by atoms with Crippen LogP contribution in [0.4, 0.5) is 0 Å². The molecule has 2 aliphatic rings. The van der Waals surface area contributed by atoms with E-state index < -0.39 is 0 Å². The monoisotopic (exact) mass is 358 g/mol. The number of ether oxygens (including phenoxy) is 2. The topological polar surface area (TPSA) is 35.5 Å². The van der Waals surface area contributed by atoms with Gasteiger partial charge in [-0.3, -0.25) is 4.79 Å². The van der Waals surface area contributed by atoms with Crippen molar-refractivity contribution in [1.29, 1.82) is 0 Å². The number of aryl methyl sites for hydroxylation is 1. The molecule has 0 bridgehead atoms. The van der Waals surface area contributed by atoms with Crippen LogP contribution in [0.25, 0.3) is 0 Å². The summed E-state index contributed by atoms with van der Waals surface area (Å²) >= 11 is 0. The van der Waals surface area contributed by atoms with E-state index in [-0.39, 0.29) is 11.6 Å². The number of hydrogen-bond acceptors (Lipinski definition) is 3. The van der Waals surface area contributed by atoms with Gasteiger partial charge in [-0.15, -0.1) is 0 Å². The first-order valence-corrected chi connectivity index (χ1v) is 10.5. The second kappa shape index (κ2) is 8.02. The molecule has 0 radical (unpaired) electrons. The first kappa shape index (κ1) is 19.3. The minimum Gasteiger partial charge on any atom is -0.487 e. The molecule has 1 aromatic rings. The Morgan fingerprint density at radius 2 is 1.96 bits per heavy atom. The van der Waals surface area contributed by atoms with E-state index in [1.807, 2.05) is 0 Å². The number of esters is 1. The molecule has 0 spiro atoms. The molecular weight excluding hydrogens is 324 g/mol. The molecule has 3 nitrogen and oxygen atoms in total. The van der Waals surface area contributed by atoms with E-state index in [1.54, 1.807) is 0 Å². The largest absolute Gasteiger partial charge is 0.487 e. The van der Waals surface area contributed by atoms with Crippen molar-refractivity contribution in [2.24, 2.45) is 5.92 Å². The molecule has 0 N–H and O–H groups in total. The smallest absolute Gasteiger partial charge is 0.308 e. The number of unbranched alkanes of at least 4 members (excludes halogenated alkanes) is 2. The summed E-state index contributed by atoms with van der Waals surface area (Å²) in [5.74, 6) is 2.36. The Hall–Kier alpha value is -1.51. The summed E-state index contributed by atoms with van der Waals surface area (Å²) in [6, 6.07) is 4.31. The Bertz CT molecular complexity index is 647. The van der Waals surface area contributed by atoms with Crippen LogP contribution < -0.4 is 9.47 Å². The number of hydrogen-bond donors (Lipinski definition) is 0. The Morgan fingerprint density at radius 1 is 1.19 bits per heavy atom. The quantitative estimate of drug-likeness (QED) is 0.358. The molecule has 1 aliphatic heterocycles. The Morgan fingerprint density at radius 3 is 2.69 bits per heavy atom. The van der Waals surface area contributed by atoms with Gasteiger partial charge in [0.15, 0.2) is 0 Å². The van der Waals surface area contributed by atoms with Crippen LogP contribution in [0.2, 0.25) is 0 Å². The lowest BCUT2D eigenvalue weighted by Gasteiger charge is -2.45. The fourth-order valence-corrected chi connectivity index (χ4v) is 4.91. The zero-order valence-corrected chi connectivity index (χ0v) is 16.9. The summed E-state index contributed by atoms with van der Waals surface area (Å²) in [6.07, 6.45) is 10.7. The molecule has 1 heterocycles. The van der Waals surface area contributed by atoms with Gasteiger partial charge in [-0.05, 0) is 63.1 Å². The number of carbonyl (C=O) groups excluding carboxylic acids is 1. The van der Waals surface area contributed by atoms with E-state index in [2.05, 4.69) is 32.9 Å². The van der Waals surface area contributed by atoms with Gasteiger partial charge in [-0.1, -0.05) is 39.0 Å². The highest BCUT2D eigenvalue weighted by atomic mass is 16.5. The second-order valence-corrected chi connectivity index (χ2v) is 8.61. The van der Waals surface area contributed by atoms with Crippen LogP contribution in [-0.2, 0) is 11.2 Å². The molecule has 3 heteroatoms. The number of rotatable bonds is 5. The highest BCUT2D eigenvalue weighted by Crippen LogP contribution is 2.54. The van der Waals surface area contributed by atoms with Gasteiger partial charge in [0.1, 0.15) is 17.1 Å². The third-order valence-corrected chi connectivity index (χ3v) is 6.14. The molecule has 1 aromatic carbocycles. The molecule has 0 saturated heterocycles. The second-order valence-electron chi connectivity index (χ2n) is 8.61. The lowest BCUT2D eigenvalue weighted by atomic mass is 9.71. The van der Waals surface area contributed by atoms with Gasteiger partial charge in [0.25, 0.3) is 0 Å². The first-order chi connectivity index (χ1) is 12.4. The minimum absolute atomic E-state index is 0.169. The number of benzene rings is 1. The van der Waals surface area contributed by atoms with Crippen LogP contribution in [0, 0.1) is 5.92 Å². The van der Waals surface area contributed by atoms with E-state index >= 15 is 0 Å². The fourth-order valence-electron chi connectivity index (χ4n) is 4.91. The van der Waals surface area contributed by atoms with Crippen molar-refractivity contribution in [2.75, 3.05) is 0 Å². The Labute approximate surface area is 158 Å². The SMILES string of the molecule is CCCCCc1cc(OC(C)=O)c2c(c1)OC(C)(C)[C@@H]1CCCCC[C@@H]21. The van der Waals surface area contributed by atoms with Gasteiger partial charge in [-0.2, -0.15) is 0 Å². The molecule has 0 unspecified atom stereocenters. The van der Waals surface area contributed by atoms with Crippen molar-refractivity contribution in [3.05, 3.63) is 23.3 Å². The van der Waals surface area contributed by atoms with E-state index in [0.29, 0.717) is 11.8 Å². The van der Waals surface area contributed by atoms with Crippen LogP contribution >= 0.6 is 0 Å². The summed E-state index contributed by atoms with van der Waals surface area (Å²) in [5, 5.41) is 0. The van der Waals surface area contributed by atoms with Crippen molar-refractivity contribution >= 4 is 5.97 Å². The van der Waals surface area contributed by atoms with Gasteiger partial charge in [0.2, 0.25) is 0 Å². The van der Waals surface area contributed by atoms with Crippen LogP contribution in [0.1, 0.15) is 96.1 Å². The van der Waals surface area contributed by atoms with Crippen LogP contribution in [0.15, 0.2) is 12.1 Å². The average molecular weight is 359 g/mol. The maximum Gasteiger partial charge on any atom is 0.308 e. The van der Waals surface area contributed by atoms with Gasteiger partial charge in [-0.25, -0.2) is 0 Å². The molecule has 2 atom stereocenters. The van der Waals surface area contributed by atoms with Crippen molar-refractivity contribution in [3.8, 4) is 11.5 Å². The summed E-state index contributed by atoms with van der Waals surface area (Å²) < 4.78 is 12.2. The fraction of sp³-hybridized carbons (Fsp3) is 0.696. The lowest BCUT2D eigenvalue weighted by molar-refractivity contribution is -0.132. The average Bonchev–Trinajstić information content (AvgIpc) is 2.80. The van der Waals surface area contributed by atoms with Gasteiger partial charge < -0.3 is 9.47 Å². The van der Waals surface area contributed by atoms with Gasteiger partial charge in [0, 0.05) is 18.4 Å². The zero-order chi connectivity index (χ0) is 18.7.